The molecule has 1 aromatic rings. The normalized spacial score (nSPS) is 33.0. The molecule has 0 aliphatic carbocycles. The number of hydrogen-bond donors (Lipinski definition) is 4. The summed E-state index contributed by atoms with van der Waals surface area (Å²) in [6.45, 7) is 5.02. The van der Waals surface area contributed by atoms with Crippen molar-refractivity contribution in [1.29, 1.82) is 0 Å². The molecular formula is C16H23N3O6. The lowest BCUT2D eigenvalue weighted by atomic mass is 9.89. The molecule has 1 aromatic heterocycles. The van der Waals surface area contributed by atoms with Gasteiger partial charge in [0, 0.05) is 6.20 Å². The second kappa shape index (κ2) is 5.80. The van der Waals surface area contributed by atoms with E-state index < -0.39 is 35.0 Å². The molecule has 0 saturated carbocycles. The van der Waals surface area contributed by atoms with E-state index in [1.54, 1.807) is 33.0 Å². The minimum Gasteiger partial charge on any atom is -0.384 e. The highest BCUT2D eigenvalue weighted by atomic mass is 16.8. The maximum atomic E-state index is 12.6. The zero-order chi connectivity index (χ0) is 18.5. The van der Waals surface area contributed by atoms with Gasteiger partial charge in [-0.05, 0) is 38.8 Å². The highest BCUT2D eigenvalue weighted by Gasteiger charge is 2.59. The largest absolute Gasteiger partial charge is 0.384 e. The number of nitrogens with two attached hydrogens (primary N) is 1. The van der Waals surface area contributed by atoms with Crippen LogP contribution in [0.5, 0.6) is 0 Å². The van der Waals surface area contributed by atoms with Gasteiger partial charge in [-0.1, -0.05) is 0 Å². The molecule has 25 heavy (non-hydrogen) atoms. The standard InChI is InChI=1S/C16H23N3O6/c1-14(2)24-8-15(3,25-14)12(21)16(13(17)22)19-11(20)10-9(4-6-18-10)5-7-23-16/h4,6,12,18,21H,5,7-8H2,1-3H3,(H2,17,22)(H,19,20)/t12-,15+,16+/m1/s1. The summed E-state index contributed by atoms with van der Waals surface area (Å²) in [6.07, 6.45) is 0.420. The van der Waals surface area contributed by atoms with Gasteiger partial charge in [0.25, 0.3) is 17.5 Å². The van der Waals surface area contributed by atoms with E-state index in [0.29, 0.717) is 12.1 Å². The Hall–Kier alpha value is -1.94. The lowest BCUT2D eigenvalue weighted by Crippen LogP contribution is -2.72. The zero-order valence-corrected chi connectivity index (χ0v) is 14.4. The first-order valence-corrected chi connectivity index (χ1v) is 8.04. The van der Waals surface area contributed by atoms with E-state index in [4.69, 9.17) is 19.9 Å². The zero-order valence-electron chi connectivity index (χ0n) is 14.4. The lowest BCUT2D eigenvalue weighted by molar-refractivity contribution is -0.225. The molecule has 0 unspecified atom stereocenters. The van der Waals surface area contributed by atoms with Crippen LogP contribution in [0.2, 0.25) is 0 Å². The Morgan fingerprint density at radius 2 is 2.08 bits per heavy atom. The molecule has 2 aliphatic heterocycles. The fourth-order valence-electron chi connectivity index (χ4n) is 3.33. The molecule has 138 valence electrons. The first-order chi connectivity index (χ1) is 11.6. The third-order valence-electron chi connectivity index (χ3n) is 4.58. The molecule has 3 atom stereocenters. The summed E-state index contributed by atoms with van der Waals surface area (Å²) in [6, 6.07) is 1.75. The smallest absolute Gasteiger partial charge is 0.273 e. The van der Waals surface area contributed by atoms with Gasteiger partial charge >= 0.3 is 0 Å². The molecule has 1 fully saturated rings. The number of nitrogens with one attached hydrogen (secondary N) is 2. The molecule has 9 nitrogen and oxygen atoms in total. The van der Waals surface area contributed by atoms with E-state index in [9.17, 15) is 14.7 Å². The molecule has 1 saturated heterocycles. The number of aliphatic hydroxyl groups excluding tert-OH is 1. The molecule has 2 amide bonds. The van der Waals surface area contributed by atoms with Crippen LogP contribution in [0.25, 0.3) is 0 Å². The van der Waals surface area contributed by atoms with Gasteiger partial charge in [-0.2, -0.15) is 0 Å². The molecule has 0 bridgehead atoms. The number of fused-ring (bicyclic) bond motifs is 1. The number of H-pyrrole nitrogens is 1. The predicted octanol–water partition coefficient (Wildman–Crippen LogP) is -0.599. The summed E-state index contributed by atoms with van der Waals surface area (Å²) in [4.78, 5) is 27.7. The van der Waals surface area contributed by atoms with Gasteiger partial charge in [0.2, 0.25) is 0 Å². The topological polar surface area (TPSA) is 136 Å². The van der Waals surface area contributed by atoms with Crippen molar-refractivity contribution < 1.29 is 28.9 Å². The van der Waals surface area contributed by atoms with Crippen molar-refractivity contribution in [3.63, 3.8) is 0 Å². The highest BCUT2D eigenvalue weighted by molar-refractivity contribution is 5.98. The van der Waals surface area contributed by atoms with Gasteiger partial charge in [-0.15, -0.1) is 0 Å². The number of carbonyl (C=O) groups is 2. The van der Waals surface area contributed by atoms with Crippen LogP contribution in [0.1, 0.15) is 36.8 Å². The fraction of sp³-hybridized carbons (Fsp3) is 0.625. The van der Waals surface area contributed by atoms with Crippen molar-refractivity contribution in [3.05, 3.63) is 23.5 Å². The van der Waals surface area contributed by atoms with E-state index in [1.807, 2.05) is 0 Å². The van der Waals surface area contributed by atoms with Crippen LogP contribution in [-0.4, -0.2) is 58.3 Å². The Kier molecular flexibility index (Phi) is 4.15. The van der Waals surface area contributed by atoms with Crippen LogP contribution in [0, 0.1) is 0 Å². The third-order valence-corrected chi connectivity index (χ3v) is 4.58. The summed E-state index contributed by atoms with van der Waals surface area (Å²) in [5, 5.41) is 13.4. The third kappa shape index (κ3) is 2.93. The lowest BCUT2D eigenvalue weighted by Gasteiger charge is -2.42. The minimum absolute atomic E-state index is 0.00315. The number of carbonyl (C=O) groups excluding carboxylic acids is 2. The summed E-state index contributed by atoms with van der Waals surface area (Å²) < 4.78 is 16.9. The number of aliphatic hydroxyl groups is 1. The molecule has 3 rings (SSSR count). The molecule has 0 aromatic carbocycles. The Balaban J connectivity index is 1.97. The van der Waals surface area contributed by atoms with Gasteiger partial charge in [0.15, 0.2) is 5.79 Å². The van der Waals surface area contributed by atoms with Crippen LogP contribution < -0.4 is 11.1 Å². The van der Waals surface area contributed by atoms with Crippen LogP contribution >= 0.6 is 0 Å². The van der Waals surface area contributed by atoms with Gasteiger partial charge < -0.3 is 35.4 Å². The number of ether oxygens (including phenoxy) is 3. The van der Waals surface area contributed by atoms with Crippen molar-refractivity contribution in [1.82, 2.24) is 10.3 Å². The van der Waals surface area contributed by atoms with Gasteiger partial charge in [0.05, 0.1) is 13.2 Å². The van der Waals surface area contributed by atoms with Gasteiger partial charge in [-0.3, -0.25) is 9.59 Å². The fourth-order valence-corrected chi connectivity index (χ4v) is 3.33. The quantitative estimate of drug-likeness (QED) is 0.573. The average Bonchev–Trinajstić information content (AvgIpc) is 3.08. The molecule has 9 heteroatoms. The average molecular weight is 353 g/mol. The predicted molar refractivity (Wildman–Crippen MR) is 85.4 cm³/mol. The molecule has 0 radical (unpaired) electrons. The molecular weight excluding hydrogens is 330 g/mol. The Bertz CT molecular complexity index is 702. The summed E-state index contributed by atoms with van der Waals surface area (Å²) in [5.74, 6) is -2.57. The van der Waals surface area contributed by atoms with E-state index in [0.717, 1.165) is 5.56 Å². The first kappa shape index (κ1) is 17.9. The second-order valence-electron chi connectivity index (χ2n) is 7.04. The number of aromatic amines is 1. The maximum Gasteiger partial charge on any atom is 0.273 e. The Morgan fingerprint density at radius 3 is 2.68 bits per heavy atom. The van der Waals surface area contributed by atoms with Crippen molar-refractivity contribution in [3.8, 4) is 0 Å². The monoisotopic (exact) mass is 353 g/mol. The van der Waals surface area contributed by atoms with Gasteiger partial charge in [0.1, 0.15) is 17.4 Å². The van der Waals surface area contributed by atoms with Crippen LogP contribution in [0.3, 0.4) is 0 Å². The van der Waals surface area contributed by atoms with Crippen molar-refractivity contribution >= 4 is 11.8 Å². The number of amides is 2. The van der Waals surface area contributed by atoms with E-state index >= 15 is 0 Å². The van der Waals surface area contributed by atoms with Gasteiger partial charge in [-0.25, -0.2) is 0 Å². The maximum absolute atomic E-state index is 12.6. The van der Waals surface area contributed by atoms with E-state index in [2.05, 4.69) is 10.3 Å². The van der Waals surface area contributed by atoms with Crippen LogP contribution in [0.15, 0.2) is 12.3 Å². The van der Waals surface area contributed by atoms with Crippen molar-refractivity contribution in [2.24, 2.45) is 5.73 Å². The number of rotatable bonds is 3. The summed E-state index contributed by atoms with van der Waals surface area (Å²) in [7, 11) is 0. The van der Waals surface area contributed by atoms with Crippen LogP contribution in [0.4, 0.5) is 0 Å². The van der Waals surface area contributed by atoms with Crippen molar-refractivity contribution in [2.75, 3.05) is 13.2 Å². The Labute approximate surface area is 144 Å². The Morgan fingerprint density at radius 1 is 1.36 bits per heavy atom. The van der Waals surface area contributed by atoms with Crippen LogP contribution in [-0.2, 0) is 25.4 Å². The van der Waals surface area contributed by atoms with E-state index in [1.165, 1.54) is 0 Å². The first-order valence-electron chi connectivity index (χ1n) is 8.04. The van der Waals surface area contributed by atoms with E-state index in [-0.39, 0.29) is 13.2 Å². The molecule has 0 spiro atoms. The summed E-state index contributed by atoms with van der Waals surface area (Å²) >= 11 is 0. The molecule has 3 heterocycles. The highest BCUT2D eigenvalue weighted by Crippen LogP contribution is 2.37. The number of primary amides is 1. The number of aromatic nitrogens is 1. The molecule has 5 N–H and O–H groups in total. The second-order valence-corrected chi connectivity index (χ2v) is 7.04. The minimum atomic E-state index is -2.14. The number of hydrogen-bond acceptors (Lipinski definition) is 6. The molecule has 2 aliphatic rings. The summed E-state index contributed by atoms with van der Waals surface area (Å²) in [5.41, 5.74) is 3.14. The van der Waals surface area contributed by atoms with Crippen molar-refractivity contribution in [2.45, 2.75) is 50.4 Å². The SMILES string of the molecule is CC1(C)OC[C@@](C)([C@@H](O)[C@]2(C(N)=O)NC(=O)c3[nH]ccc3CCO2)O1.